The zero-order chi connectivity index (χ0) is 13.1. The van der Waals surface area contributed by atoms with Gasteiger partial charge in [-0.05, 0) is 43.2 Å². The third-order valence-corrected chi connectivity index (χ3v) is 4.31. The first-order valence-electron chi connectivity index (χ1n) is 5.84. The zero-order valence-corrected chi connectivity index (χ0v) is 12.1. The van der Waals surface area contributed by atoms with Crippen LogP contribution in [0.5, 0.6) is 0 Å². The van der Waals surface area contributed by atoms with Crippen molar-refractivity contribution in [2.45, 2.75) is 30.2 Å². The molecule has 0 heterocycles. The number of halogens is 1. The van der Waals surface area contributed by atoms with Crippen LogP contribution in [0, 0.1) is 13.8 Å². The molecule has 0 unspecified atom stereocenters. The molecule has 3 heteroatoms. The van der Waals surface area contributed by atoms with Crippen LogP contribution < -0.4 is 5.73 Å². The van der Waals surface area contributed by atoms with Crippen molar-refractivity contribution >= 4 is 23.4 Å². The third-order valence-electron chi connectivity index (χ3n) is 2.80. The molecule has 0 atom stereocenters. The van der Waals surface area contributed by atoms with E-state index in [1.165, 1.54) is 16.0 Å². The topological polar surface area (TPSA) is 26.0 Å². The summed E-state index contributed by atoms with van der Waals surface area (Å²) in [5.41, 5.74) is 9.45. The van der Waals surface area contributed by atoms with E-state index >= 15 is 0 Å². The van der Waals surface area contributed by atoms with Crippen LogP contribution in [0.1, 0.15) is 16.7 Å². The van der Waals surface area contributed by atoms with Gasteiger partial charge in [0.15, 0.2) is 0 Å². The van der Waals surface area contributed by atoms with Crippen molar-refractivity contribution in [3.05, 3.63) is 58.1 Å². The minimum Gasteiger partial charge on any atom is -0.326 e. The standard InChI is InChI=1S/C15H16ClNS/c1-10-3-6-14(11(2)7-10)18-15-8-13(16)5-4-12(15)9-17/h3-8H,9,17H2,1-2H3. The van der Waals surface area contributed by atoms with Crippen molar-refractivity contribution in [2.24, 2.45) is 5.73 Å². The number of rotatable bonds is 3. The van der Waals surface area contributed by atoms with Gasteiger partial charge in [0.1, 0.15) is 0 Å². The van der Waals surface area contributed by atoms with E-state index in [9.17, 15) is 0 Å². The Morgan fingerprint density at radius 3 is 2.50 bits per heavy atom. The van der Waals surface area contributed by atoms with E-state index in [1.807, 2.05) is 18.2 Å². The second-order valence-electron chi connectivity index (χ2n) is 4.33. The Labute approximate surface area is 117 Å². The van der Waals surface area contributed by atoms with Crippen molar-refractivity contribution in [3.8, 4) is 0 Å². The van der Waals surface area contributed by atoms with E-state index in [0.717, 1.165) is 15.5 Å². The summed E-state index contributed by atoms with van der Waals surface area (Å²) in [6, 6.07) is 12.3. The Morgan fingerprint density at radius 2 is 1.83 bits per heavy atom. The molecule has 0 aromatic heterocycles. The predicted molar refractivity (Wildman–Crippen MR) is 79.4 cm³/mol. The van der Waals surface area contributed by atoms with Crippen molar-refractivity contribution in [3.63, 3.8) is 0 Å². The first-order valence-corrected chi connectivity index (χ1v) is 7.03. The number of nitrogens with two attached hydrogens (primary N) is 1. The smallest absolute Gasteiger partial charge is 0.0417 e. The molecule has 0 saturated heterocycles. The number of hydrogen-bond acceptors (Lipinski definition) is 2. The van der Waals surface area contributed by atoms with Crippen LogP contribution in [-0.2, 0) is 6.54 Å². The van der Waals surface area contributed by atoms with Crippen molar-refractivity contribution in [2.75, 3.05) is 0 Å². The van der Waals surface area contributed by atoms with Crippen molar-refractivity contribution in [1.82, 2.24) is 0 Å². The van der Waals surface area contributed by atoms with Crippen LogP contribution in [-0.4, -0.2) is 0 Å². The molecule has 0 aliphatic rings. The molecule has 0 amide bonds. The fourth-order valence-electron chi connectivity index (χ4n) is 1.82. The Balaban J connectivity index is 2.36. The van der Waals surface area contributed by atoms with Gasteiger partial charge < -0.3 is 5.73 Å². The lowest BCUT2D eigenvalue weighted by Crippen LogP contribution is -1.98. The van der Waals surface area contributed by atoms with Gasteiger partial charge in [-0.2, -0.15) is 0 Å². The van der Waals surface area contributed by atoms with Crippen LogP contribution in [0.15, 0.2) is 46.2 Å². The minimum atomic E-state index is 0.532. The third kappa shape index (κ3) is 3.08. The lowest BCUT2D eigenvalue weighted by atomic mass is 10.2. The molecule has 2 rings (SSSR count). The zero-order valence-electron chi connectivity index (χ0n) is 10.5. The lowest BCUT2D eigenvalue weighted by Gasteiger charge is -2.10. The Hall–Kier alpha value is -0.960. The first kappa shape index (κ1) is 13.5. The van der Waals surface area contributed by atoms with E-state index in [0.29, 0.717) is 6.54 Å². The van der Waals surface area contributed by atoms with Gasteiger partial charge in [-0.25, -0.2) is 0 Å². The highest BCUT2D eigenvalue weighted by Crippen LogP contribution is 2.34. The quantitative estimate of drug-likeness (QED) is 0.890. The predicted octanol–water partition coefficient (Wildman–Crippen LogP) is 4.57. The molecular weight excluding hydrogens is 262 g/mol. The van der Waals surface area contributed by atoms with E-state index in [4.69, 9.17) is 17.3 Å². The average molecular weight is 278 g/mol. The normalized spacial score (nSPS) is 10.7. The molecule has 0 aliphatic heterocycles. The summed E-state index contributed by atoms with van der Waals surface area (Å²) in [4.78, 5) is 2.38. The monoisotopic (exact) mass is 277 g/mol. The number of benzene rings is 2. The summed E-state index contributed by atoms with van der Waals surface area (Å²) < 4.78 is 0. The second-order valence-corrected chi connectivity index (χ2v) is 5.85. The summed E-state index contributed by atoms with van der Waals surface area (Å²) in [5.74, 6) is 0. The van der Waals surface area contributed by atoms with Crippen LogP contribution >= 0.6 is 23.4 Å². The van der Waals surface area contributed by atoms with E-state index in [-0.39, 0.29) is 0 Å². The molecule has 2 aromatic carbocycles. The molecule has 0 radical (unpaired) electrons. The molecule has 94 valence electrons. The maximum Gasteiger partial charge on any atom is 0.0417 e. The summed E-state index contributed by atoms with van der Waals surface area (Å²) in [6.07, 6.45) is 0. The number of hydrogen-bond donors (Lipinski definition) is 1. The highest BCUT2D eigenvalue weighted by atomic mass is 35.5. The molecule has 1 nitrogen and oxygen atoms in total. The van der Waals surface area contributed by atoms with Gasteiger partial charge in [-0.3, -0.25) is 0 Å². The average Bonchev–Trinajstić information content (AvgIpc) is 2.33. The van der Waals surface area contributed by atoms with Crippen LogP contribution in [0.25, 0.3) is 0 Å². The van der Waals surface area contributed by atoms with E-state index in [2.05, 4.69) is 32.0 Å². The Bertz CT molecular complexity index is 566. The molecule has 0 bridgehead atoms. The highest BCUT2D eigenvalue weighted by molar-refractivity contribution is 7.99. The van der Waals surface area contributed by atoms with Gasteiger partial charge in [0.05, 0.1) is 0 Å². The van der Waals surface area contributed by atoms with Gasteiger partial charge in [0.2, 0.25) is 0 Å². The molecule has 0 spiro atoms. The van der Waals surface area contributed by atoms with Gasteiger partial charge in [-0.15, -0.1) is 0 Å². The largest absolute Gasteiger partial charge is 0.326 e. The molecule has 2 aromatic rings. The molecular formula is C15H16ClNS. The highest BCUT2D eigenvalue weighted by Gasteiger charge is 2.06. The summed E-state index contributed by atoms with van der Waals surface area (Å²) in [6.45, 7) is 4.76. The van der Waals surface area contributed by atoms with Gasteiger partial charge in [-0.1, -0.05) is 47.1 Å². The molecule has 0 aliphatic carbocycles. The van der Waals surface area contributed by atoms with Crippen molar-refractivity contribution in [1.29, 1.82) is 0 Å². The van der Waals surface area contributed by atoms with E-state index in [1.54, 1.807) is 11.8 Å². The second kappa shape index (κ2) is 5.79. The van der Waals surface area contributed by atoms with Crippen LogP contribution in [0.4, 0.5) is 0 Å². The Morgan fingerprint density at radius 1 is 1.06 bits per heavy atom. The molecule has 2 N–H and O–H groups in total. The van der Waals surface area contributed by atoms with Gasteiger partial charge in [0, 0.05) is 21.4 Å². The fraction of sp³-hybridized carbons (Fsp3) is 0.200. The Kier molecular flexibility index (Phi) is 4.33. The summed E-state index contributed by atoms with van der Waals surface area (Å²) in [5, 5.41) is 0.750. The lowest BCUT2D eigenvalue weighted by molar-refractivity contribution is 1.03. The maximum atomic E-state index is 6.05. The van der Waals surface area contributed by atoms with Crippen LogP contribution in [0.3, 0.4) is 0 Å². The number of aryl methyl sites for hydroxylation is 2. The molecule has 18 heavy (non-hydrogen) atoms. The van der Waals surface area contributed by atoms with Crippen LogP contribution in [0.2, 0.25) is 5.02 Å². The molecule has 0 saturated carbocycles. The first-order chi connectivity index (χ1) is 8.60. The minimum absolute atomic E-state index is 0.532. The van der Waals surface area contributed by atoms with Crippen molar-refractivity contribution < 1.29 is 0 Å². The van der Waals surface area contributed by atoms with Gasteiger partial charge >= 0.3 is 0 Å². The molecule has 0 fully saturated rings. The van der Waals surface area contributed by atoms with Gasteiger partial charge in [0.25, 0.3) is 0 Å². The van der Waals surface area contributed by atoms with E-state index < -0.39 is 0 Å². The summed E-state index contributed by atoms with van der Waals surface area (Å²) in [7, 11) is 0. The maximum absolute atomic E-state index is 6.05. The fourth-order valence-corrected chi connectivity index (χ4v) is 3.12. The SMILES string of the molecule is Cc1ccc(Sc2cc(Cl)ccc2CN)c(C)c1. The summed E-state index contributed by atoms with van der Waals surface area (Å²) >= 11 is 7.77.